The van der Waals surface area contributed by atoms with Gasteiger partial charge in [0, 0.05) is 11.3 Å². The molecule has 1 heterocycles. The van der Waals surface area contributed by atoms with Crippen LogP contribution in [0.1, 0.15) is 68.1 Å². The third-order valence-electron chi connectivity index (χ3n) is 5.29. The number of nitriles is 1. The molecular weight excluding hydrogens is 422 g/mol. The van der Waals surface area contributed by atoms with Crippen LogP contribution in [0, 0.1) is 17.2 Å². The summed E-state index contributed by atoms with van der Waals surface area (Å²) in [6, 6.07) is 16.3. The third-order valence-corrected chi connectivity index (χ3v) is 5.29. The Labute approximate surface area is 201 Å². The van der Waals surface area contributed by atoms with Gasteiger partial charge in [0.2, 0.25) is 0 Å². The average Bonchev–Trinajstić information content (AvgIpc) is 2.84. The summed E-state index contributed by atoms with van der Waals surface area (Å²) in [7, 11) is 0. The Balaban J connectivity index is 1.76. The molecule has 34 heavy (non-hydrogen) atoms. The lowest BCUT2D eigenvalue weighted by Crippen LogP contribution is -2.32. The highest BCUT2D eigenvalue weighted by Gasteiger charge is 2.10. The lowest BCUT2D eigenvalue weighted by Gasteiger charge is -2.16. The van der Waals surface area contributed by atoms with Gasteiger partial charge in [-0.05, 0) is 67.6 Å². The van der Waals surface area contributed by atoms with E-state index < -0.39 is 0 Å². The Morgan fingerprint density at radius 3 is 2.53 bits per heavy atom. The molecule has 6 nitrogen and oxygen atoms in total. The molecule has 0 radical (unpaired) electrons. The van der Waals surface area contributed by atoms with Crippen molar-refractivity contribution in [2.45, 2.75) is 46.6 Å². The zero-order chi connectivity index (χ0) is 24.5. The minimum absolute atomic E-state index is 0.0417. The summed E-state index contributed by atoms with van der Waals surface area (Å²) >= 11 is 0. The van der Waals surface area contributed by atoms with E-state index >= 15 is 0 Å². The van der Waals surface area contributed by atoms with Gasteiger partial charge in [0.05, 0.1) is 34.6 Å². The maximum atomic E-state index is 12.6. The number of hydrogen-bond donors (Lipinski definition) is 2. The molecule has 1 atom stereocenters. The molecule has 3 aromatic rings. The number of rotatable bonds is 8. The molecule has 3 rings (SSSR count). The lowest BCUT2D eigenvalue weighted by atomic mass is 10.1. The van der Waals surface area contributed by atoms with Gasteiger partial charge in [-0.15, -0.1) is 0 Å². The molecule has 174 valence electrons. The summed E-state index contributed by atoms with van der Waals surface area (Å²) in [6.07, 6.45) is 7.85. The van der Waals surface area contributed by atoms with Crippen molar-refractivity contribution in [1.29, 1.82) is 5.26 Å². The van der Waals surface area contributed by atoms with Crippen LogP contribution in [0.2, 0.25) is 0 Å². The van der Waals surface area contributed by atoms with Gasteiger partial charge in [0.15, 0.2) is 0 Å². The number of carbonyl (C=O) groups excluding carboxylic acids is 1. The zero-order valence-corrected chi connectivity index (χ0v) is 20.2. The SMILES string of the molecule is CC/C=c1/ncc(NC(C)c2cccc(NC(=O)c3ccc(C#N)cc3)c2)n/c1=C\CC(C)C. The highest BCUT2D eigenvalue weighted by Crippen LogP contribution is 2.21. The summed E-state index contributed by atoms with van der Waals surface area (Å²) in [5.74, 6) is 1.04. The lowest BCUT2D eigenvalue weighted by molar-refractivity contribution is 0.102. The first-order chi connectivity index (χ1) is 16.4. The summed E-state index contributed by atoms with van der Waals surface area (Å²) in [5.41, 5.74) is 2.73. The molecule has 0 aliphatic heterocycles. The average molecular weight is 454 g/mol. The second-order valence-corrected chi connectivity index (χ2v) is 8.61. The maximum absolute atomic E-state index is 12.6. The molecule has 0 fully saturated rings. The topological polar surface area (TPSA) is 90.7 Å². The van der Waals surface area contributed by atoms with E-state index in [2.05, 4.69) is 54.6 Å². The van der Waals surface area contributed by atoms with Gasteiger partial charge in [0.1, 0.15) is 5.82 Å². The normalized spacial score (nSPS) is 12.9. The van der Waals surface area contributed by atoms with Crippen molar-refractivity contribution in [3.8, 4) is 6.07 Å². The molecule has 0 spiro atoms. The second-order valence-electron chi connectivity index (χ2n) is 8.61. The molecule has 0 aliphatic rings. The van der Waals surface area contributed by atoms with Gasteiger partial charge < -0.3 is 10.6 Å². The molecular formula is C28H31N5O. The zero-order valence-electron chi connectivity index (χ0n) is 20.2. The largest absolute Gasteiger partial charge is 0.362 e. The van der Waals surface area contributed by atoms with E-state index in [0.29, 0.717) is 28.6 Å². The molecule has 2 aromatic carbocycles. The number of aromatic nitrogens is 2. The molecule has 0 saturated carbocycles. The smallest absolute Gasteiger partial charge is 0.255 e. The molecule has 1 unspecified atom stereocenters. The van der Waals surface area contributed by atoms with Gasteiger partial charge in [-0.3, -0.25) is 9.78 Å². The van der Waals surface area contributed by atoms with Crippen LogP contribution in [0.5, 0.6) is 0 Å². The monoisotopic (exact) mass is 453 g/mol. The molecule has 2 N–H and O–H groups in total. The van der Waals surface area contributed by atoms with E-state index in [0.717, 1.165) is 29.1 Å². The van der Waals surface area contributed by atoms with Gasteiger partial charge in [0.25, 0.3) is 5.91 Å². The maximum Gasteiger partial charge on any atom is 0.255 e. The molecule has 1 aromatic heterocycles. The number of nitrogens with zero attached hydrogens (tertiary/aromatic N) is 3. The predicted molar refractivity (Wildman–Crippen MR) is 138 cm³/mol. The quantitative estimate of drug-likeness (QED) is 0.512. The minimum Gasteiger partial charge on any atom is -0.362 e. The molecule has 6 heteroatoms. The minimum atomic E-state index is -0.221. The highest BCUT2D eigenvalue weighted by atomic mass is 16.1. The van der Waals surface area contributed by atoms with Crippen LogP contribution in [-0.2, 0) is 0 Å². The van der Waals surface area contributed by atoms with Crippen molar-refractivity contribution in [2.75, 3.05) is 10.6 Å². The van der Waals surface area contributed by atoms with Crippen molar-refractivity contribution >= 4 is 29.6 Å². The Morgan fingerprint density at radius 2 is 1.85 bits per heavy atom. The first-order valence-electron chi connectivity index (χ1n) is 11.6. The van der Waals surface area contributed by atoms with Crippen LogP contribution in [0.3, 0.4) is 0 Å². The van der Waals surface area contributed by atoms with Crippen molar-refractivity contribution in [3.05, 3.63) is 82.1 Å². The van der Waals surface area contributed by atoms with E-state index in [1.54, 1.807) is 30.5 Å². The van der Waals surface area contributed by atoms with E-state index in [4.69, 9.17) is 10.2 Å². The molecule has 0 aliphatic carbocycles. The fourth-order valence-electron chi connectivity index (χ4n) is 3.42. The standard InChI is InChI=1S/C28H31N5O/c1-5-7-25-26(15-10-19(2)3)33-27(18-30-25)31-20(4)23-8-6-9-24(16-23)32-28(34)22-13-11-21(17-29)12-14-22/h6-9,11-16,18-20H,5,10H2,1-4H3,(H,31,33)(H,32,34)/b25-7+,26-15-. The van der Waals surface area contributed by atoms with Crippen LogP contribution >= 0.6 is 0 Å². The van der Waals surface area contributed by atoms with Gasteiger partial charge in [-0.1, -0.05) is 45.1 Å². The van der Waals surface area contributed by atoms with Gasteiger partial charge in [-0.2, -0.15) is 5.26 Å². The van der Waals surface area contributed by atoms with Crippen LogP contribution < -0.4 is 21.3 Å². The Morgan fingerprint density at radius 1 is 1.09 bits per heavy atom. The van der Waals surface area contributed by atoms with E-state index in [1.165, 1.54) is 0 Å². The summed E-state index contributed by atoms with van der Waals surface area (Å²) < 4.78 is 0. The predicted octanol–water partition coefficient (Wildman–Crippen LogP) is 4.79. The van der Waals surface area contributed by atoms with E-state index in [9.17, 15) is 4.79 Å². The number of carbonyl (C=O) groups is 1. The molecule has 0 bridgehead atoms. The van der Waals surface area contributed by atoms with Crippen LogP contribution in [0.25, 0.3) is 12.2 Å². The Kier molecular flexibility index (Phi) is 8.53. The van der Waals surface area contributed by atoms with Crippen molar-refractivity contribution < 1.29 is 4.79 Å². The van der Waals surface area contributed by atoms with Crippen molar-refractivity contribution in [3.63, 3.8) is 0 Å². The Bertz CT molecular complexity index is 1290. The van der Waals surface area contributed by atoms with E-state index in [-0.39, 0.29) is 11.9 Å². The number of hydrogen-bond acceptors (Lipinski definition) is 5. The van der Waals surface area contributed by atoms with Gasteiger partial charge >= 0.3 is 0 Å². The first-order valence-corrected chi connectivity index (χ1v) is 11.6. The van der Waals surface area contributed by atoms with Crippen LogP contribution in [-0.4, -0.2) is 15.9 Å². The number of anilines is 2. The van der Waals surface area contributed by atoms with Gasteiger partial charge in [-0.25, -0.2) is 4.98 Å². The highest BCUT2D eigenvalue weighted by molar-refractivity contribution is 6.04. The molecule has 0 saturated heterocycles. The summed E-state index contributed by atoms with van der Waals surface area (Å²) in [6.45, 7) is 8.51. The summed E-state index contributed by atoms with van der Waals surface area (Å²) in [5, 5.41) is 17.1. The van der Waals surface area contributed by atoms with Crippen molar-refractivity contribution in [2.24, 2.45) is 5.92 Å². The number of benzene rings is 2. The van der Waals surface area contributed by atoms with Crippen molar-refractivity contribution in [1.82, 2.24) is 9.97 Å². The second kappa shape index (κ2) is 11.8. The number of nitrogens with one attached hydrogen (secondary N) is 2. The van der Waals surface area contributed by atoms with Crippen LogP contribution in [0.15, 0.2) is 54.7 Å². The van der Waals surface area contributed by atoms with E-state index in [1.807, 2.05) is 31.2 Å². The first kappa shape index (κ1) is 24.7. The summed E-state index contributed by atoms with van der Waals surface area (Å²) in [4.78, 5) is 22.0. The fourth-order valence-corrected chi connectivity index (χ4v) is 3.42. The molecule has 1 amide bonds. The third kappa shape index (κ3) is 6.76. The van der Waals surface area contributed by atoms with Crippen LogP contribution in [0.4, 0.5) is 11.5 Å². The fraction of sp³-hybridized carbons (Fsp3) is 0.286. The Hall–Kier alpha value is -3.98. The number of amides is 1.